The fourth-order valence-electron chi connectivity index (χ4n) is 2.26. The standard InChI is InChI=1S/C16H13BF5/c1-16(2,17-8-9-6-4-3-5-7-9)10-11(18)13(20)15(22)14(21)12(10)19/h3-7H,8H2,1-2H3. The first-order valence-corrected chi connectivity index (χ1v) is 6.66. The zero-order valence-corrected chi connectivity index (χ0v) is 12.1. The van der Waals surface area contributed by atoms with Gasteiger partial charge in [-0.1, -0.05) is 56.1 Å². The summed E-state index contributed by atoms with van der Waals surface area (Å²) < 4.78 is 67.5. The van der Waals surface area contributed by atoms with Crippen LogP contribution in [0, 0.1) is 29.1 Å². The van der Waals surface area contributed by atoms with Crippen LogP contribution in [0.3, 0.4) is 0 Å². The lowest BCUT2D eigenvalue weighted by atomic mass is 9.48. The van der Waals surface area contributed by atoms with E-state index >= 15 is 0 Å². The smallest absolute Gasteiger partial charge is 0.200 e. The molecule has 2 aromatic rings. The topological polar surface area (TPSA) is 0 Å². The first-order valence-electron chi connectivity index (χ1n) is 6.66. The molecule has 0 amide bonds. The van der Waals surface area contributed by atoms with Crippen LogP contribution in [0.5, 0.6) is 0 Å². The molecule has 0 saturated heterocycles. The predicted molar refractivity (Wildman–Crippen MR) is 75.2 cm³/mol. The van der Waals surface area contributed by atoms with Gasteiger partial charge in [0.2, 0.25) is 5.82 Å². The number of hydrogen-bond donors (Lipinski definition) is 0. The van der Waals surface area contributed by atoms with Crippen molar-refractivity contribution in [1.82, 2.24) is 0 Å². The number of rotatable bonds is 4. The average Bonchev–Trinajstić information content (AvgIpc) is 2.50. The van der Waals surface area contributed by atoms with E-state index in [0.29, 0.717) is 6.32 Å². The molecule has 0 spiro atoms. The molecular weight excluding hydrogens is 298 g/mol. The molecule has 115 valence electrons. The Labute approximate surface area is 126 Å². The zero-order chi connectivity index (χ0) is 16.5. The summed E-state index contributed by atoms with van der Waals surface area (Å²) in [6, 6.07) is 9.04. The second kappa shape index (κ2) is 6.11. The molecule has 0 aliphatic rings. The van der Waals surface area contributed by atoms with E-state index in [2.05, 4.69) is 0 Å². The lowest BCUT2D eigenvalue weighted by Gasteiger charge is -2.26. The van der Waals surface area contributed by atoms with Gasteiger partial charge in [0.15, 0.2) is 23.3 Å². The molecule has 0 saturated carbocycles. The lowest BCUT2D eigenvalue weighted by molar-refractivity contribution is 0.362. The Hall–Kier alpha value is -1.85. The molecule has 0 N–H and O–H groups in total. The van der Waals surface area contributed by atoms with Gasteiger partial charge in [-0.15, -0.1) is 0 Å². The quantitative estimate of drug-likeness (QED) is 0.337. The van der Waals surface area contributed by atoms with Crippen molar-refractivity contribution in [2.24, 2.45) is 0 Å². The van der Waals surface area contributed by atoms with Crippen LogP contribution < -0.4 is 0 Å². The molecular formula is C16H13BF5. The highest BCUT2D eigenvalue weighted by Gasteiger charge is 2.34. The Morgan fingerprint density at radius 2 is 1.23 bits per heavy atom. The normalized spacial score (nSPS) is 11.6. The van der Waals surface area contributed by atoms with Crippen molar-refractivity contribution >= 4 is 7.28 Å². The van der Waals surface area contributed by atoms with Crippen LogP contribution in [0.2, 0.25) is 0 Å². The van der Waals surface area contributed by atoms with Crippen molar-refractivity contribution in [1.29, 1.82) is 0 Å². The van der Waals surface area contributed by atoms with Crippen LogP contribution in [-0.4, -0.2) is 7.28 Å². The molecule has 0 aromatic heterocycles. The minimum atomic E-state index is -2.14. The Balaban J connectivity index is 2.37. The van der Waals surface area contributed by atoms with Crippen molar-refractivity contribution < 1.29 is 22.0 Å². The summed E-state index contributed by atoms with van der Waals surface area (Å²) >= 11 is 0. The minimum Gasteiger partial charge on any atom is -0.203 e. The Morgan fingerprint density at radius 1 is 0.773 bits per heavy atom. The van der Waals surface area contributed by atoms with Crippen LogP contribution in [0.15, 0.2) is 30.3 Å². The maximum absolute atomic E-state index is 13.9. The van der Waals surface area contributed by atoms with E-state index in [1.165, 1.54) is 21.1 Å². The van der Waals surface area contributed by atoms with Crippen molar-refractivity contribution in [3.05, 3.63) is 70.5 Å². The Morgan fingerprint density at radius 3 is 1.73 bits per heavy atom. The third-order valence-electron chi connectivity index (χ3n) is 3.55. The summed E-state index contributed by atoms with van der Waals surface area (Å²) in [5, 5.41) is -1.32. The highest BCUT2D eigenvalue weighted by atomic mass is 19.2. The predicted octanol–water partition coefficient (Wildman–Crippen LogP) is 4.52. The lowest BCUT2D eigenvalue weighted by Crippen LogP contribution is -2.31. The van der Waals surface area contributed by atoms with Crippen molar-refractivity contribution in [3.63, 3.8) is 0 Å². The van der Waals surface area contributed by atoms with Gasteiger partial charge in [0.25, 0.3) is 0 Å². The van der Waals surface area contributed by atoms with Gasteiger partial charge < -0.3 is 0 Å². The van der Waals surface area contributed by atoms with Gasteiger partial charge in [-0.25, -0.2) is 22.0 Å². The third kappa shape index (κ3) is 3.01. The van der Waals surface area contributed by atoms with Crippen molar-refractivity contribution in [3.8, 4) is 0 Å². The molecule has 1 radical (unpaired) electrons. The first kappa shape index (κ1) is 16.5. The maximum Gasteiger partial charge on any atom is 0.200 e. The molecule has 0 unspecified atom stereocenters. The molecule has 0 heterocycles. The fraction of sp³-hybridized carbons (Fsp3) is 0.250. The molecule has 0 aliphatic carbocycles. The molecule has 0 bridgehead atoms. The van der Waals surface area contributed by atoms with E-state index in [4.69, 9.17) is 0 Å². The molecule has 0 atom stereocenters. The highest BCUT2D eigenvalue weighted by molar-refractivity contribution is 6.39. The fourth-order valence-corrected chi connectivity index (χ4v) is 2.26. The van der Waals surface area contributed by atoms with Crippen molar-refractivity contribution in [2.45, 2.75) is 25.5 Å². The molecule has 0 nitrogen and oxygen atoms in total. The van der Waals surface area contributed by atoms with Gasteiger partial charge >= 0.3 is 0 Å². The number of benzene rings is 2. The minimum absolute atomic E-state index is 0.341. The number of hydrogen-bond acceptors (Lipinski definition) is 0. The van der Waals surface area contributed by atoms with Gasteiger partial charge in [0.05, 0.1) is 0 Å². The maximum atomic E-state index is 13.9. The third-order valence-corrected chi connectivity index (χ3v) is 3.55. The second-order valence-electron chi connectivity index (χ2n) is 5.56. The van der Waals surface area contributed by atoms with Crippen LogP contribution >= 0.6 is 0 Å². The molecule has 0 fully saturated rings. The monoisotopic (exact) mass is 311 g/mol. The summed E-state index contributed by atoms with van der Waals surface area (Å²) in [5.74, 6) is -9.56. The summed E-state index contributed by atoms with van der Waals surface area (Å²) in [5.41, 5.74) is 0.0549. The van der Waals surface area contributed by atoms with Crippen LogP contribution in [0.4, 0.5) is 22.0 Å². The largest absolute Gasteiger partial charge is 0.203 e. The molecule has 0 aliphatic heterocycles. The van der Waals surface area contributed by atoms with E-state index in [0.717, 1.165) is 5.56 Å². The summed E-state index contributed by atoms with van der Waals surface area (Å²) in [6.07, 6.45) is 0.341. The zero-order valence-electron chi connectivity index (χ0n) is 12.1. The van der Waals surface area contributed by atoms with Crippen molar-refractivity contribution in [2.75, 3.05) is 0 Å². The average molecular weight is 311 g/mol. The van der Waals surface area contributed by atoms with Gasteiger partial charge in [-0.3, -0.25) is 0 Å². The summed E-state index contributed by atoms with van der Waals surface area (Å²) in [4.78, 5) is 0. The van der Waals surface area contributed by atoms with Gasteiger partial charge in [-0.2, -0.15) is 0 Å². The van der Waals surface area contributed by atoms with Crippen LogP contribution in [-0.2, 0) is 11.6 Å². The number of halogens is 5. The van der Waals surface area contributed by atoms with Gasteiger partial charge in [0, 0.05) is 5.56 Å². The van der Waals surface area contributed by atoms with Gasteiger partial charge in [0.1, 0.15) is 7.28 Å². The summed E-state index contributed by atoms with van der Waals surface area (Å²) in [7, 11) is 1.53. The highest BCUT2D eigenvalue weighted by Crippen LogP contribution is 2.32. The Bertz CT molecular complexity index is 654. The Kier molecular flexibility index (Phi) is 4.59. The van der Waals surface area contributed by atoms with Crippen LogP contribution in [0.25, 0.3) is 0 Å². The van der Waals surface area contributed by atoms with Gasteiger partial charge in [-0.05, 0) is 5.31 Å². The molecule has 22 heavy (non-hydrogen) atoms. The first-order chi connectivity index (χ1) is 10.3. The van der Waals surface area contributed by atoms with E-state index in [1.807, 2.05) is 18.2 Å². The SMILES string of the molecule is CC(C)([B]Cc1ccccc1)c1c(F)c(F)c(F)c(F)c1F. The van der Waals surface area contributed by atoms with E-state index in [9.17, 15) is 22.0 Å². The van der Waals surface area contributed by atoms with E-state index in [-0.39, 0.29) is 0 Å². The van der Waals surface area contributed by atoms with E-state index in [1.54, 1.807) is 12.1 Å². The van der Waals surface area contributed by atoms with Crippen LogP contribution in [0.1, 0.15) is 25.0 Å². The summed E-state index contributed by atoms with van der Waals surface area (Å²) in [6.45, 7) is 2.82. The molecule has 2 aromatic carbocycles. The van der Waals surface area contributed by atoms with E-state index < -0.39 is 40.0 Å². The molecule has 6 heteroatoms. The molecule has 2 rings (SSSR count). The second-order valence-corrected chi connectivity index (χ2v) is 5.56.